The van der Waals surface area contributed by atoms with Gasteiger partial charge < -0.3 is 14.4 Å². The van der Waals surface area contributed by atoms with Crippen LogP contribution in [-0.4, -0.2) is 41.0 Å². The zero-order chi connectivity index (χ0) is 21.8. The molecular weight excluding hydrogens is 427 g/mol. The van der Waals surface area contributed by atoms with Crippen LogP contribution in [-0.2, 0) is 11.4 Å². The minimum absolute atomic E-state index is 0.138. The largest absolute Gasteiger partial charge is 0.490 e. The second-order valence-corrected chi connectivity index (χ2v) is 7.37. The highest BCUT2D eigenvalue weighted by Gasteiger charge is 2.34. The monoisotopic (exact) mass is 448 g/mol. The average molecular weight is 449 g/mol. The molecule has 1 aliphatic rings. The van der Waals surface area contributed by atoms with Crippen molar-refractivity contribution in [2.24, 2.45) is 0 Å². The molecule has 8 heteroatoms. The third kappa shape index (κ3) is 4.57. The molecule has 0 N–H and O–H groups in total. The second kappa shape index (κ2) is 9.45. The molecule has 2 aromatic rings. The summed E-state index contributed by atoms with van der Waals surface area (Å²) in [5.74, 6) is 0.308. The van der Waals surface area contributed by atoms with Crippen molar-refractivity contribution in [1.29, 1.82) is 0 Å². The Bertz CT molecular complexity index is 1010. The van der Waals surface area contributed by atoms with Gasteiger partial charge in [0, 0.05) is 13.6 Å². The third-order valence-electron chi connectivity index (χ3n) is 4.57. The molecule has 0 atom stereocenters. The van der Waals surface area contributed by atoms with Gasteiger partial charge in [0.1, 0.15) is 18.1 Å². The van der Waals surface area contributed by atoms with Gasteiger partial charge in [0.25, 0.3) is 5.91 Å². The zero-order valence-corrected chi connectivity index (χ0v) is 18.5. The van der Waals surface area contributed by atoms with Crippen LogP contribution < -0.4 is 9.47 Å². The molecule has 0 aliphatic carbocycles. The first kappa shape index (κ1) is 22.1. The lowest BCUT2D eigenvalue weighted by atomic mass is 10.1. The lowest BCUT2D eigenvalue weighted by Gasteiger charge is -2.15. The molecule has 1 aliphatic heterocycles. The molecule has 1 heterocycles. The number of thiocarbonyl (C=S) groups is 1. The van der Waals surface area contributed by atoms with Gasteiger partial charge in [-0.15, -0.1) is 0 Å². The number of amides is 1. The summed E-state index contributed by atoms with van der Waals surface area (Å²) in [6.45, 7) is 4.76. The zero-order valence-electron chi connectivity index (χ0n) is 16.9. The minimum Gasteiger partial charge on any atom is -0.490 e. The smallest absolute Gasteiger partial charge is 0.276 e. The molecule has 5 nitrogen and oxygen atoms in total. The Kier molecular flexibility index (Phi) is 6.95. The Labute approximate surface area is 185 Å². The fourth-order valence-electron chi connectivity index (χ4n) is 3.10. The molecule has 2 aromatic carbocycles. The highest BCUT2D eigenvalue weighted by atomic mass is 35.5. The molecule has 0 radical (unpaired) electrons. The van der Waals surface area contributed by atoms with Gasteiger partial charge in [0.15, 0.2) is 16.6 Å². The Balaban J connectivity index is 1.91. The van der Waals surface area contributed by atoms with Crippen LogP contribution in [0.15, 0.2) is 42.1 Å². The molecule has 0 saturated carbocycles. The second-order valence-electron chi connectivity index (χ2n) is 6.60. The number of likely N-dealkylation sites (N-methyl/N-ethyl adjacent to an activating group) is 2. The highest BCUT2D eigenvalue weighted by Crippen LogP contribution is 2.38. The first-order chi connectivity index (χ1) is 14.3. The fraction of sp³-hybridized carbons (Fsp3) is 0.273. The van der Waals surface area contributed by atoms with Crippen molar-refractivity contribution in [2.75, 3.05) is 20.2 Å². The Morgan fingerprint density at radius 3 is 2.60 bits per heavy atom. The van der Waals surface area contributed by atoms with Gasteiger partial charge in [0.2, 0.25) is 0 Å². The predicted octanol–water partition coefficient (Wildman–Crippen LogP) is 4.88. The number of ether oxygens (including phenoxy) is 2. The minimum atomic E-state index is -0.335. The number of nitrogens with zero attached hydrogens (tertiary/aromatic N) is 2. The van der Waals surface area contributed by atoms with E-state index in [1.165, 1.54) is 17.0 Å². The van der Waals surface area contributed by atoms with E-state index in [1.807, 2.05) is 13.8 Å². The van der Waals surface area contributed by atoms with Gasteiger partial charge in [-0.2, -0.15) is 0 Å². The fourth-order valence-corrected chi connectivity index (χ4v) is 3.69. The first-order valence-corrected chi connectivity index (χ1v) is 10.3. The molecule has 0 spiro atoms. The van der Waals surface area contributed by atoms with Gasteiger partial charge in [-0.05, 0) is 67.5 Å². The van der Waals surface area contributed by atoms with Crippen LogP contribution in [0.2, 0.25) is 5.02 Å². The van der Waals surface area contributed by atoms with Crippen molar-refractivity contribution < 1.29 is 18.7 Å². The number of hydrogen-bond donors (Lipinski definition) is 0. The van der Waals surface area contributed by atoms with Crippen LogP contribution in [0.3, 0.4) is 0 Å². The van der Waals surface area contributed by atoms with E-state index in [4.69, 9.17) is 33.3 Å². The van der Waals surface area contributed by atoms with Crippen molar-refractivity contribution in [3.63, 3.8) is 0 Å². The molecule has 3 rings (SSSR count). The van der Waals surface area contributed by atoms with Crippen LogP contribution in [0.5, 0.6) is 11.5 Å². The molecule has 158 valence electrons. The van der Waals surface area contributed by atoms with Gasteiger partial charge in [-0.25, -0.2) is 4.39 Å². The maximum Gasteiger partial charge on any atom is 0.276 e. The number of halogens is 2. The summed E-state index contributed by atoms with van der Waals surface area (Å²) in [5, 5.41) is 0.784. The summed E-state index contributed by atoms with van der Waals surface area (Å²) < 4.78 is 24.9. The van der Waals surface area contributed by atoms with Crippen LogP contribution in [0, 0.1) is 5.82 Å². The van der Waals surface area contributed by atoms with E-state index in [9.17, 15) is 9.18 Å². The molecule has 1 saturated heterocycles. The van der Waals surface area contributed by atoms with Crippen molar-refractivity contribution >= 4 is 40.9 Å². The van der Waals surface area contributed by atoms with Gasteiger partial charge in [-0.3, -0.25) is 9.69 Å². The normalized spacial score (nSPS) is 15.3. The quantitative estimate of drug-likeness (QED) is 0.446. The van der Waals surface area contributed by atoms with Crippen molar-refractivity contribution in [2.45, 2.75) is 20.5 Å². The summed E-state index contributed by atoms with van der Waals surface area (Å²) in [5.41, 5.74) is 1.80. The number of hydrogen-bond acceptors (Lipinski definition) is 4. The topological polar surface area (TPSA) is 42.0 Å². The summed E-state index contributed by atoms with van der Waals surface area (Å²) in [6, 6.07) is 9.60. The van der Waals surface area contributed by atoms with Crippen molar-refractivity contribution in [3.05, 3.63) is 64.1 Å². The molecule has 1 fully saturated rings. The lowest BCUT2D eigenvalue weighted by molar-refractivity contribution is -0.122. The first-order valence-electron chi connectivity index (χ1n) is 9.50. The van der Waals surface area contributed by atoms with Gasteiger partial charge >= 0.3 is 0 Å². The van der Waals surface area contributed by atoms with E-state index < -0.39 is 0 Å². The van der Waals surface area contributed by atoms with Crippen molar-refractivity contribution in [3.8, 4) is 11.5 Å². The van der Waals surface area contributed by atoms with Crippen LogP contribution in [0.1, 0.15) is 25.0 Å². The summed E-state index contributed by atoms with van der Waals surface area (Å²) in [4.78, 5) is 15.8. The highest BCUT2D eigenvalue weighted by molar-refractivity contribution is 7.80. The van der Waals surface area contributed by atoms with Crippen LogP contribution in [0.4, 0.5) is 4.39 Å². The van der Waals surface area contributed by atoms with Crippen LogP contribution in [0.25, 0.3) is 6.08 Å². The summed E-state index contributed by atoms with van der Waals surface area (Å²) in [6.07, 6.45) is 1.72. The molecule has 0 bridgehead atoms. The van der Waals surface area contributed by atoms with Crippen LogP contribution >= 0.6 is 23.8 Å². The van der Waals surface area contributed by atoms with E-state index in [2.05, 4.69) is 0 Å². The lowest BCUT2D eigenvalue weighted by Crippen LogP contribution is -2.30. The van der Waals surface area contributed by atoms with E-state index in [1.54, 1.807) is 42.3 Å². The average Bonchev–Trinajstić information content (AvgIpc) is 2.90. The van der Waals surface area contributed by atoms with E-state index in [0.29, 0.717) is 51.6 Å². The maximum atomic E-state index is 13.4. The van der Waals surface area contributed by atoms with Gasteiger partial charge in [0.05, 0.1) is 11.6 Å². The number of carbonyl (C=O) groups is 1. The number of carbonyl (C=O) groups excluding carboxylic acids is 1. The van der Waals surface area contributed by atoms with Gasteiger partial charge in [-0.1, -0.05) is 23.7 Å². The maximum absolute atomic E-state index is 13.4. The summed E-state index contributed by atoms with van der Waals surface area (Å²) in [7, 11) is 1.75. The van der Waals surface area contributed by atoms with E-state index >= 15 is 0 Å². The SMILES string of the molecule is CCOc1cc(C=C2C(=O)N(CC)C(=S)N2C)cc(Cl)c1OCc1cccc(F)c1. The number of benzene rings is 2. The number of rotatable bonds is 7. The summed E-state index contributed by atoms with van der Waals surface area (Å²) >= 11 is 11.8. The molecular formula is C22H22ClFN2O3S. The molecule has 1 amide bonds. The van der Waals surface area contributed by atoms with E-state index in [0.717, 1.165) is 0 Å². The Morgan fingerprint density at radius 2 is 1.97 bits per heavy atom. The molecule has 30 heavy (non-hydrogen) atoms. The predicted molar refractivity (Wildman–Crippen MR) is 119 cm³/mol. The Morgan fingerprint density at radius 1 is 1.20 bits per heavy atom. The van der Waals surface area contributed by atoms with Crippen molar-refractivity contribution in [1.82, 2.24) is 9.80 Å². The third-order valence-corrected chi connectivity index (χ3v) is 5.34. The Hall–Kier alpha value is -2.64. The molecule has 0 unspecified atom stereocenters. The molecule has 0 aromatic heterocycles. The van der Waals surface area contributed by atoms with E-state index in [-0.39, 0.29) is 18.3 Å². The standard InChI is InChI=1S/C22H22ClFN2O3S/c1-4-26-21(27)18(25(3)22(26)30)11-15-10-17(23)20(19(12-15)28-5-2)29-13-14-7-6-8-16(24)9-14/h6-12H,4-5,13H2,1-3H3.